The van der Waals surface area contributed by atoms with Gasteiger partial charge in [-0.05, 0) is 6.92 Å². The second-order valence-corrected chi connectivity index (χ2v) is 5.41. The van der Waals surface area contributed by atoms with Crippen LogP contribution in [0.4, 0.5) is 0 Å². The van der Waals surface area contributed by atoms with Gasteiger partial charge in [0.25, 0.3) is 5.56 Å². The van der Waals surface area contributed by atoms with Gasteiger partial charge in [0.15, 0.2) is 6.23 Å². The van der Waals surface area contributed by atoms with Crippen LogP contribution in [0.3, 0.4) is 0 Å². The summed E-state index contributed by atoms with van der Waals surface area (Å²) in [4.78, 5) is 25.8. The van der Waals surface area contributed by atoms with Crippen molar-refractivity contribution in [2.75, 3.05) is 26.9 Å². The lowest BCUT2D eigenvalue weighted by molar-refractivity contribution is -0.0794. The summed E-state index contributed by atoms with van der Waals surface area (Å²) in [5, 5.41) is 9.41. The van der Waals surface area contributed by atoms with Crippen LogP contribution in [-0.2, 0) is 14.2 Å². The van der Waals surface area contributed by atoms with Crippen LogP contribution in [-0.4, -0.2) is 53.8 Å². The molecule has 1 aromatic rings. The number of rotatable bonds is 6. The number of nitrogens with one attached hydrogen (secondary N) is 1. The van der Waals surface area contributed by atoms with E-state index in [4.69, 9.17) is 14.2 Å². The van der Waals surface area contributed by atoms with Crippen LogP contribution in [0.15, 0.2) is 15.8 Å². The Hall–Kier alpha value is -1.48. The molecule has 1 aliphatic rings. The highest BCUT2D eigenvalue weighted by molar-refractivity contribution is 5.03. The van der Waals surface area contributed by atoms with E-state index in [1.807, 2.05) is 6.92 Å². The van der Waals surface area contributed by atoms with Gasteiger partial charge in [-0.25, -0.2) is 4.79 Å². The first-order valence-corrected chi connectivity index (χ1v) is 7.18. The molecule has 1 aliphatic heterocycles. The second-order valence-electron chi connectivity index (χ2n) is 5.41. The molecule has 0 spiro atoms. The van der Waals surface area contributed by atoms with Crippen molar-refractivity contribution in [2.45, 2.75) is 32.3 Å². The van der Waals surface area contributed by atoms with Gasteiger partial charge >= 0.3 is 5.69 Å². The van der Waals surface area contributed by atoms with E-state index in [2.05, 4.69) is 4.98 Å². The third-order valence-electron chi connectivity index (χ3n) is 3.90. The molecule has 4 atom stereocenters. The fourth-order valence-corrected chi connectivity index (χ4v) is 2.56. The average molecular weight is 314 g/mol. The molecule has 1 fully saturated rings. The van der Waals surface area contributed by atoms with Gasteiger partial charge in [0, 0.05) is 24.8 Å². The minimum Gasteiger partial charge on any atom is -0.394 e. The molecule has 0 aliphatic carbocycles. The molecule has 2 heterocycles. The summed E-state index contributed by atoms with van der Waals surface area (Å²) in [6, 6.07) is 0. The SMILES string of the molecule is COCCOC1C(C)[C@H](CO)O[C@@H]1n1cc(C)c(=O)[nH]c1=O. The van der Waals surface area contributed by atoms with E-state index in [-0.39, 0.29) is 12.5 Å². The fraction of sp³-hybridized carbons (Fsp3) is 0.714. The molecule has 0 amide bonds. The molecule has 0 saturated carbocycles. The van der Waals surface area contributed by atoms with Crippen molar-refractivity contribution in [1.29, 1.82) is 0 Å². The molecule has 2 N–H and O–H groups in total. The Bertz CT molecular complexity index is 610. The summed E-state index contributed by atoms with van der Waals surface area (Å²) in [6.07, 6.45) is -0.107. The summed E-state index contributed by atoms with van der Waals surface area (Å²) in [7, 11) is 1.57. The molecule has 124 valence electrons. The zero-order valence-electron chi connectivity index (χ0n) is 12.9. The maximum atomic E-state index is 12.0. The number of aromatic nitrogens is 2. The number of aryl methyl sites for hydroxylation is 1. The molecule has 2 rings (SSSR count). The molecular weight excluding hydrogens is 292 g/mol. The first-order valence-electron chi connectivity index (χ1n) is 7.18. The van der Waals surface area contributed by atoms with Gasteiger partial charge in [0.1, 0.15) is 6.10 Å². The quantitative estimate of drug-likeness (QED) is 0.680. The van der Waals surface area contributed by atoms with E-state index in [1.165, 1.54) is 10.8 Å². The first kappa shape index (κ1) is 16.9. The van der Waals surface area contributed by atoms with E-state index in [9.17, 15) is 14.7 Å². The number of aromatic amines is 1. The van der Waals surface area contributed by atoms with Crippen molar-refractivity contribution in [3.8, 4) is 0 Å². The van der Waals surface area contributed by atoms with Crippen molar-refractivity contribution in [3.63, 3.8) is 0 Å². The standard InChI is InChI=1S/C14H22N2O6/c1-8-6-16(14(19)15-12(8)18)13-11(21-5-4-20-3)9(2)10(7-17)22-13/h6,9-11,13,17H,4-5,7H2,1-3H3,(H,15,18,19)/t9?,10-,11?,13-/m0/s1. The highest BCUT2D eigenvalue weighted by Gasteiger charge is 2.43. The molecular formula is C14H22N2O6. The molecule has 0 bridgehead atoms. The van der Waals surface area contributed by atoms with Crippen LogP contribution in [0.25, 0.3) is 0 Å². The normalized spacial score (nSPS) is 28.2. The van der Waals surface area contributed by atoms with Crippen LogP contribution in [0.1, 0.15) is 18.7 Å². The third kappa shape index (κ3) is 3.30. The molecule has 1 aromatic heterocycles. The molecule has 0 aromatic carbocycles. The summed E-state index contributed by atoms with van der Waals surface area (Å²) < 4.78 is 17.8. The van der Waals surface area contributed by atoms with E-state index in [0.717, 1.165) is 0 Å². The van der Waals surface area contributed by atoms with Gasteiger partial charge in [-0.1, -0.05) is 6.92 Å². The van der Waals surface area contributed by atoms with Gasteiger partial charge in [0.2, 0.25) is 0 Å². The van der Waals surface area contributed by atoms with E-state index in [0.29, 0.717) is 18.8 Å². The minimum atomic E-state index is -0.702. The molecule has 8 nitrogen and oxygen atoms in total. The Labute approximate surface area is 127 Å². The summed E-state index contributed by atoms with van der Waals surface area (Å²) in [5.74, 6) is -0.106. The average Bonchev–Trinajstić information content (AvgIpc) is 2.80. The first-order chi connectivity index (χ1) is 10.5. The predicted octanol–water partition coefficient (Wildman–Crippen LogP) is -0.598. The number of aliphatic hydroxyl groups is 1. The van der Waals surface area contributed by atoms with E-state index in [1.54, 1.807) is 14.0 Å². The van der Waals surface area contributed by atoms with Crippen molar-refractivity contribution in [3.05, 3.63) is 32.6 Å². The maximum absolute atomic E-state index is 12.0. The van der Waals surface area contributed by atoms with Gasteiger partial charge in [-0.2, -0.15) is 0 Å². The molecule has 2 unspecified atom stereocenters. The topological polar surface area (TPSA) is 103 Å². The number of hydrogen-bond donors (Lipinski definition) is 2. The van der Waals surface area contributed by atoms with Crippen molar-refractivity contribution < 1.29 is 19.3 Å². The molecule has 1 saturated heterocycles. The number of aliphatic hydroxyl groups excluding tert-OH is 1. The largest absolute Gasteiger partial charge is 0.394 e. The Balaban J connectivity index is 2.31. The summed E-state index contributed by atoms with van der Waals surface area (Å²) >= 11 is 0. The number of ether oxygens (including phenoxy) is 3. The van der Waals surface area contributed by atoms with Crippen LogP contribution >= 0.6 is 0 Å². The van der Waals surface area contributed by atoms with Crippen LogP contribution in [0, 0.1) is 12.8 Å². The van der Waals surface area contributed by atoms with E-state index < -0.39 is 29.7 Å². The zero-order chi connectivity index (χ0) is 16.3. The number of nitrogens with zero attached hydrogens (tertiary/aromatic N) is 1. The van der Waals surface area contributed by atoms with Gasteiger partial charge in [0.05, 0.1) is 25.9 Å². The van der Waals surface area contributed by atoms with Crippen molar-refractivity contribution in [1.82, 2.24) is 9.55 Å². The number of methoxy groups -OCH3 is 1. The van der Waals surface area contributed by atoms with Gasteiger partial charge in [-0.3, -0.25) is 14.3 Å². The lowest BCUT2D eigenvalue weighted by atomic mass is 10.0. The predicted molar refractivity (Wildman–Crippen MR) is 77.8 cm³/mol. The Morgan fingerprint density at radius 1 is 1.41 bits per heavy atom. The third-order valence-corrected chi connectivity index (χ3v) is 3.90. The summed E-state index contributed by atoms with van der Waals surface area (Å²) in [6.45, 7) is 4.10. The number of hydrogen-bond acceptors (Lipinski definition) is 6. The smallest absolute Gasteiger partial charge is 0.330 e. The van der Waals surface area contributed by atoms with Crippen LogP contribution in [0.2, 0.25) is 0 Å². The lowest BCUT2D eigenvalue weighted by Gasteiger charge is -2.23. The summed E-state index contributed by atoms with van der Waals surface area (Å²) in [5.41, 5.74) is -0.589. The fourth-order valence-electron chi connectivity index (χ4n) is 2.56. The highest BCUT2D eigenvalue weighted by Crippen LogP contribution is 2.35. The maximum Gasteiger partial charge on any atom is 0.330 e. The lowest BCUT2D eigenvalue weighted by Crippen LogP contribution is -2.38. The molecule has 22 heavy (non-hydrogen) atoms. The Kier molecular flexibility index (Phi) is 5.52. The van der Waals surface area contributed by atoms with Gasteiger partial charge in [-0.15, -0.1) is 0 Å². The minimum absolute atomic E-state index is 0.106. The van der Waals surface area contributed by atoms with Crippen LogP contribution in [0.5, 0.6) is 0 Å². The van der Waals surface area contributed by atoms with E-state index >= 15 is 0 Å². The van der Waals surface area contributed by atoms with Crippen LogP contribution < -0.4 is 11.2 Å². The number of H-pyrrole nitrogens is 1. The molecule has 0 radical (unpaired) electrons. The monoisotopic (exact) mass is 314 g/mol. The highest BCUT2D eigenvalue weighted by atomic mass is 16.6. The molecule has 8 heteroatoms. The Morgan fingerprint density at radius 2 is 2.14 bits per heavy atom. The van der Waals surface area contributed by atoms with Crippen molar-refractivity contribution >= 4 is 0 Å². The Morgan fingerprint density at radius 3 is 2.77 bits per heavy atom. The zero-order valence-corrected chi connectivity index (χ0v) is 12.9. The van der Waals surface area contributed by atoms with Gasteiger partial charge < -0.3 is 19.3 Å². The van der Waals surface area contributed by atoms with Crippen molar-refractivity contribution in [2.24, 2.45) is 5.92 Å². The second kappa shape index (κ2) is 7.19.